The lowest BCUT2D eigenvalue weighted by molar-refractivity contribution is 0.586. The minimum Gasteiger partial charge on any atom is -0.395 e. The molecule has 0 aliphatic heterocycles. The number of benzene rings is 2. The van der Waals surface area contributed by atoms with Gasteiger partial charge in [-0.2, -0.15) is 0 Å². The van der Waals surface area contributed by atoms with Crippen LogP contribution in [0.5, 0.6) is 0 Å². The molecule has 1 unspecified atom stereocenters. The van der Waals surface area contributed by atoms with E-state index in [1.54, 1.807) is 0 Å². The molecule has 20 heavy (non-hydrogen) atoms. The van der Waals surface area contributed by atoms with Gasteiger partial charge in [0, 0.05) is 12.6 Å². The van der Waals surface area contributed by atoms with Crippen LogP contribution in [0, 0.1) is 11.6 Å². The van der Waals surface area contributed by atoms with Gasteiger partial charge in [-0.1, -0.05) is 37.3 Å². The third-order valence-corrected chi connectivity index (χ3v) is 3.36. The molecule has 106 valence electrons. The number of halogens is 2. The molecule has 0 saturated carbocycles. The van der Waals surface area contributed by atoms with Gasteiger partial charge in [0.15, 0.2) is 5.82 Å². The Hall–Kier alpha value is -2.10. The van der Waals surface area contributed by atoms with Crippen LogP contribution in [0.2, 0.25) is 0 Å². The van der Waals surface area contributed by atoms with Crippen molar-refractivity contribution in [3.8, 4) is 0 Å². The minimum absolute atomic E-state index is 0.0428. The molecule has 3 N–H and O–H groups in total. The zero-order valence-corrected chi connectivity index (χ0v) is 11.4. The average Bonchev–Trinajstić information content (AvgIpc) is 2.44. The second kappa shape index (κ2) is 6.37. The SMILES string of the molecule is CC(CCNc1cc(F)cc(F)c1N)c1ccccc1. The molecule has 0 radical (unpaired) electrons. The average molecular weight is 276 g/mol. The number of nitrogens with one attached hydrogen (secondary N) is 1. The number of hydrogen-bond donors (Lipinski definition) is 2. The minimum atomic E-state index is -0.733. The lowest BCUT2D eigenvalue weighted by Gasteiger charge is -2.14. The normalized spacial score (nSPS) is 12.2. The van der Waals surface area contributed by atoms with E-state index in [9.17, 15) is 8.78 Å². The van der Waals surface area contributed by atoms with Gasteiger partial charge in [-0.15, -0.1) is 0 Å². The molecule has 2 aromatic rings. The number of nitrogens with two attached hydrogens (primary N) is 1. The van der Waals surface area contributed by atoms with Gasteiger partial charge in [0.2, 0.25) is 0 Å². The standard InChI is InChI=1S/C16H18F2N2/c1-11(12-5-3-2-4-6-12)7-8-20-15-10-13(17)9-14(18)16(15)19/h2-6,9-11,20H,7-8,19H2,1H3. The smallest absolute Gasteiger partial charge is 0.151 e. The molecule has 0 heterocycles. The van der Waals surface area contributed by atoms with Crippen molar-refractivity contribution in [2.24, 2.45) is 0 Å². The molecule has 1 atom stereocenters. The monoisotopic (exact) mass is 276 g/mol. The van der Waals surface area contributed by atoms with Gasteiger partial charge in [-0.25, -0.2) is 8.78 Å². The fourth-order valence-electron chi connectivity index (χ4n) is 2.10. The molecule has 0 aromatic heterocycles. The van der Waals surface area contributed by atoms with Gasteiger partial charge >= 0.3 is 0 Å². The van der Waals surface area contributed by atoms with Crippen LogP contribution in [-0.2, 0) is 0 Å². The van der Waals surface area contributed by atoms with Crippen molar-refractivity contribution in [2.75, 3.05) is 17.6 Å². The summed E-state index contributed by atoms with van der Waals surface area (Å²) in [5.41, 5.74) is 7.08. The summed E-state index contributed by atoms with van der Waals surface area (Å²) in [6, 6.07) is 12.1. The van der Waals surface area contributed by atoms with Crippen LogP contribution in [-0.4, -0.2) is 6.54 Å². The van der Waals surface area contributed by atoms with Crippen LogP contribution in [0.15, 0.2) is 42.5 Å². The summed E-state index contributed by atoms with van der Waals surface area (Å²) in [5, 5.41) is 2.99. The van der Waals surface area contributed by atoms with Crippen molar-refractivity contribution in [3.63, 3.8) is 0 Å². The van der Waals surface area contributed by atoms with E-state index in [0.717, 1.165) is 12.5 Å². The highest BCUT2D eigenvalue weighted by Crippen LogP contribution is 2.24. The van der Waals surface area contributed by atoms with Gasteiger partial charge in [0.05, 0.1) is 11.4 Å². The molecule has 0 fully saturated rings. The summed E-state index contributed by atoms with van der Waals surface area (Å²) in [4.78, 5) is 0. The highest BCUT2D eigenvalue weighted by atomic mass is 19.1. The molecule has 2 aromatic carbocycles. The fraction of sp³-hybridized carbons (Fsp3) is 0.250. The Kier molecular flexibility index (Phi) is 4.56. The second-order valence-corrected chi connectivity index (χ2v) is 4.88. The number of anilines is 2. The maximum absolute atomic E-state index is 13.3. The molecular formula is C16H18F2N2. The van der Waals surface area contributed by atoms with Crippen molar-refractivity contribution in [1.29, 1.82) is 0 Å². The summed E-state index contributed by atoms with van der Waals surface area (Å²) >= 11 is 0. The first-order chi connectivity index (χ1) is 9.58. The second-order valence-electron chi connectivity index (χ2n) is 4.88. The molecule has 2 nitrogen and oxygen atoms in total. The van der Waals surface area contributed by atoms with Crippen molar-refractivity contribution >= 4 is 11.4 Å². The van der Waals surface area contributed by atoms with Crippen LogP contribution in [0.3, 0.4) is 0 Å². The van der Waals surface area contributed by atoms with Crippen LogP contribution in [0.25, 0.3) is 0 Å². The summed E-state index contributed by atoms with van der Waals surface area (Å²) in [6.45, 7) is 2.72. The van der Waals surface area contributed by atoms with Gasteiger partial charge in [0.1, 0.15) is 5.82 Å². The Bertz CT molecular complexity index is 570. The third-order valence-electron chi connectivity index (χ3n) is 3.36. The zero-order chi connectivity index (χ0) is 14.5. The van der Waals surface area contributed by atoms with Crippen molar-refractivity contribution < 1.29 is 8.78 Å². The molecule has 2 rings (SSSR count). The molecule has 0 spiro atoms. The summed E-state index contributed by atoms with van der Waals surface area (Å²) in [6.07, 6.45) is 0.849. The quantitative estimate of drug-likeness (QED) is 0.805. The molecule has 0 bridgehead atoms. The zero-order valence-electron chi connectivity index (χ0n) is 11.4. The van der Waals surface area contributed by atoms with Crippen LogP contribution in [0.1, 0.15) is 24.8 Å². The molecule has 4 heteroatoms. The van der Waals surface area contributed by atoms with E-state index in [-0.39, 0.29) is 5.69 Å². The molecule has 0 aliphatic carbocycles. The topological polar surface area (TPSA) is 38.0 Å². The Labute approximate surface area is 117 Å². The Morgan fingerprint density at radius 2 is 1.85 bits per heavy atom. The van der Waals surface area contributed by atoms with Gasteiger partial charge in [-0.3, -0.25) is 0 Å². The van der Waals surface area contributed by atoms with Crippen molar-refractivity contribution in [1.82, 2.24) is 0 Å². The number of rotatable bonds is 5. The predicted octanol–water partition coefficient (Wildman–Crippen LogP) is 4.15. The fourth-order valence-corrected chi connectivity index (χ4v) is 2.10. The summed E-state index contributed by atoms with van der Waals surface area (Å²) < 4.78 is 26.4. The van der Waals surface area contributed by atoms with E-state index >= 15 is 0 Å². The summed E-state index contributed by atoms with van der Waals surface area (Å²) in [5.74, 6) is -0.998. The Balaban J connectivity index is 1.93. The van der Waals surface area contributed by atoms with Gasteiger partial charge < -0.3 is 11.1 Å². The molecular weight excluding hydrogens is 258 g/mol. The van der Waals surface area contributed by atoms with E-state index in [4.69, 9.17) is 5.73 Å². The molecule has 0 aliphatic rings. The van der Waals surface area contributed by atoms with E-state index in [0.29, 0.717) is 18.2 Å². The first-order valence-electron chi connectivity index (χ1n) is 6.61. The van der Waals surface area contributed by atoms with Gasteiger partial charge in [0.25, 0.3) is 0 Å². The molecule has 0 saturated heterocycles. The highest BCUT2D eigenvalue weighted by Gasteiger charge is 2.09. The highest BCUT2D eigenvalue weighted by molar-refractivity contribution is 5.66. The van der Waals surface area contributed by atoms with E-state index in [1.165, 1.54) is 11.6 Å². The predicted molar refractivity (Wildman–Crippen MR) is 78.7 cm³/mol. The maximum Gasteiger partial charge on any atom is 0.151 e. The van der Waals surface area contributed by atoms with Crippen LogP contribution in [0.4, 0.5) is 20.2 Å². The van der Waals surface area contributed by atoms with Crippen molar-refractivity contribution in [3.05, 3.63) is 59.7 Å². The Morgan fingerprint density at radius 1 is 1.15 bits per heavy atom. The van der Waals surface area contributed by atoms with E-state index in [1.807, 2.05) is 18.2 Å². The number of nitrogen functional groups attached to an aromatic ring is 1. The third kappa shape index (κ3) is 3.47. The lowest BCUT2D eigenvalue weighted by Crippen LogP contribution is -2.09. The summed E-state index contributed by atoms with van der Waals surface area (Å²) in [7, 11) is 0. The number of hydrogen-bond acceptors (Lipinski definition) is 2. The Morgan fingerprint density at radius 3 is 2.55 bits per heavy atom. The van der Waals surface area contributed by atoms with Crippen molar-refractivity contribution in [2.45, 2.75) is 19.3 Å². The molecule has 0 amide bonds. The van der Waals surface area contributed by atoms with Crippen LogP contribution >= 0.6 is 0 Å². The first-order valence-corrected chi connectivity index (χ1v) is 6.61. The van der Waals surface area contributed by atoms with Gasteiger partial charge in [-0.05, 0) is 24.0 Å². The largest absolute Gasteiger partial charge is 0.395 e. The lowest BCUT2D eigenvalue weighted by atomic mass is 9.98. The maximum atomic E-state index is 13.3. The van der Waals surface area contributed by atoms with Crippen LogP contribution < -0.4 is 11.1 Å². The van der Waals surface area contributed by atoms with E-state index in [2.05, 4.69) is 24.4 Å². The van der Waals surface area contributed by atoms with E-state index < -0.39 is 11.6 Å². The first kappa shape index (κ1) is 14.3.